The third kappa shape index (κ3) is 5.98. The molecule has 1 unspecified atom stereocenters. The minimum atomic E-state index is 0.0748. The van der Waals surface area contributed by atoms with Gasteiger partial charge in [0, 0.05) is 12.2 Å². The summed E-state index contributed by atoms with van der Waals surface area (Å²) in [6, 6.07) is 6.33. The second-order valence-electron chi connectivity index (χ2n) is 7.38. The van der Waals surface area contributed by atoms with Crippen molar-refractivity contribution in [2.24, 2.45) is 5.92 Å². The molecule has 23 heavy (non-hydrogen) atoms. The van der Waals surface area contributed by atoms with Gasteiger partial charge < -0.3 is 5.32 Å². The number of anilines is 1. The third-order valence-electron chi connectivity index (χ3n) is 4.37. The van der Waals surface area contributed by atoms with Crippen LogP contribution in [0.3, 0.4) is 0 Å². The summed E-state index contributed by atoms with van der Waals surface area (Å²) in [5.41, 5.74) is 3.45. The minimum absolute atomic E-state index is 0.0748. The van der Waals surface area contributed by atoms with Crippen molar-refractivity contribution in [3.05, 3.63) is 29.3 Å². The Balaban J connectivity index is 2.88. The van der Waals surface area contributed by atoms with E-state index in [1.54, 1.807) is 0 Å². The Hall–Kier alpha value is -1.35. The summed E-state index contributed by atoms with van der Waals surface area (Å²) in [4.78, 5) is 14.6. The fourth-order valence-electron chi connectivity index (χ4n) is 2.85. The number of hydrogen-bond donors (Lipinski definition) is 1. The molecule has 1 N–H and O–H groups in total. The number of rotatable bonds is 8. The highest BCUT2D eigenvalue weighted by Gasteiger charge is 2.17. The molecule has 0 saturated carbocycles. The van der Waals surface area contributed by atoms with Gasteiger partial charge in [-0.05, 0) is 35.9 Å². The number of amides is 1. The van der Waals surface area contributed by atoms with Gasteiger partial charge in [0.1, 0.15) is 0 Å². The molecule has 0 saturated heterocycles. The molecule has 0 radical (unpaired) electrons. The Morgan fingerprint density at radius 1 is 1.09 bits per heavy atom. The second-order valence-corrected chi connectivity index (χ2v) is 7.38. The van der Waals surface area contributed by atoms with Gasteiger partial charge in [0.15, 0.2) is 0 Å². The van der Waals surface area contributed by atoms with Gasteiger partial charge in [0.05, 0.1) is 6.54 Å². The van der Waals surface area contributed by atoms with Crippen molar-refractivity contribution >= 4 is 11.6 Å². The Kier molecular flexibility index (Phi) is 7.77. The van der Waals surface area contributed by atoms with Crippen LogP contribution in [0.5, 0.6) is 0 Å². The number of hydrogen-bond acceptors (Lipinski definition) is 2. The maximum absolute atomic E-state index is 12.5. The van der Waals surface area contributed by atoms with E-state index in [0.717, 1.165) is 18.7 Å². The predicted molar refractivity (Wildman–Crippen MR) is 100 cm³/mol. The minimum Gasteiger partial charge on any atom is -0.324 e. The highest BCUT2D eigenvalue weighted by atomic mass is 16.2. The van der Waals surface area contributed by atoms with Gasteiger partial charge >= 0.3 is 0 Å². The first-order chi connectivity index (χ1) is 10.8. The maximum atomic E-state index is 12.5. The molecular weight excluding hydrogens is 284 g/mol. The Morgan fingerprint density at radius 3 is 2.04 bits per heavy atom. The lowest BCUT2D eigenvalue weighted by Gasteiger charge is -2.23. The van der Waals surface area contributed by atoms with Crippen LogP contribution in [0, 0.1) is 5.92 Å². The summed E-state index contributed by atoms with van der Waals surface area (Å²) in [6.07, 6.45) is 1.14. The Labute approximate surface area is 142 Å². The highest BCUT2D eigenvalue weighted by molar-refractivity contribution is 5.94. The summed E-state index contributed by atoms with van der Waals surface area (Å²) >= 11 is 0. The van der Waals surface area contributed by atoms with Crippen LogP contribution in [0.25, 0.3) is 0 Å². The van der Waals surface area contributed by atoms with E-state index in [1.165, 1.54) is 11.1 Å². The summed E-state index contributed by atoms with van der Waals surface area (Å²) < 4.78 is 0. The fourth-order valence-corrected chi connectivity index (χ4v) is 2.85. The zero-order valence-corrected chi connectivity index (χ0v) is 15.9. The quantitative estimate of drug-likeness (QED) is 0.743. The first-order valence-corrected chi connectivity index (χ1v) is 8.87. The summed E-state index contributed by atoms with van der Waals surface area (Å²) in [5.74, 6) is 1.47. The van der Waals surface area contributed by atoms with Gasteiger partial charge in [-0.2, -0.15) is 0 Å². The van der Waals surface area contributed by atoms with Crippen molar-refractivity contribution in [3.8, 4) is 0 Å². The summed E-state index contributed by atoms with van der Waals surface area (Å²) in [7, 11) is 2.02. The van der Waals surface area contributed by atoms with Crippen molar-refractivity contribution in [3.63, 3.8) is 0 Å². The van der Waals surface area contributed by atoms with Crippen molar-refractivity contribution in [1.29, 1.82) is 0 Å². The summed E-state index contributed by atoms with van der Waals surface area (Å²) in [6.45, 7) is 14.5. The van der Waals surface area contributed by atoms with Crippen molar-refractivity contribution in [1.82, 2.24) is 4.90 Å². The molecule has 1 aromatic carbocycles. The van der Waals surface area contributed by atoms with Crippen LogP contribution in [0.4, 0.5) is 5.69 Å². The molecule has 1 rings (SSSR count). The molecular formula is C20H34N2O. The Morgan fingerprint density at radius 2 is 1.61 bits per heavy atom. The molecule has 3 nitrogen and oxygen atoms in total. The topological polar surface area (TPSA) is 32.3 Å². The number of likely N-dealkylation sites (N-methyl/N-ethyl adjacent to an activating group) is 1. The van der Waals surface area contributed by atoms with Crippen LogP contribution >= 0.6 is 0 Å². The van der Waals surface area contributed by atoms with E-state index in [2.05, 4.69) is 70.0 Å². The number of carbonyl (C=O) groups excluding carboxylic acids is 1. The van der Waals surface area contributed by atoms with E-state index in [-0.39, 0.29) is 5.91 Å². The average molecular weight is 319 g/mol. The molecule has 0 fully saturated rings. The van der Waals surface area contributed by atoms with Crippen LogP contribution in [0.15, 0.2) is 18.2 Å². The van der Waals surface area contributed by atoms with Gasteiger partial charge in [0.2, 0.25) is 5.91 Å². The molecule has 0 aliphatic rings. The largest absolute Gasteiger partial charge is 0.324 e. The van der Waals surface area contributed by atoms with Crippen LogP contribution < -0.4 is 5.32 Å². The molecule has 0 spiro atoms. The predicted octanol–water partition coefficient (Wildman–Crippen LogP) is 4.85. The first kappa shape index (κ1) is 19.7. The molecule has 3 heteroatoms. The van der Waals surface area contributed by atoms with Crippen molar-refractivity contribution in [2.45, 2.75) is 59.8 Å². The average Bonchev–Trinajstić information content (AvgIpc) is 2.46. The molecule has 0 heterocycles. The molecule has 0 bridgehead atoms. The van der Waals surface area contributed by atoms with Gasteiger partial charge in [-0.3, -0.25) is 9.69 Å². The zero-order chi connectivity index (χ0) is 17.6. The lowest BCUT2D eigenvalue weighted by molar-refractivity contribution is -0.117. The van der Waals surface area contributed by atoms with E-state index < -0.39 is 0 Å². The van der Waals surface area contributed by atoms with Crippen molar-refractivity contribution < 1.29 is 4.79 Å². The van der Waals surface area contributed by atoms with Gasteiger partial charge in [-0.1, -0.05) is 66.2 Å². The van der Waals surface area contributed by atoms with Gasteiger partial charge in [0.25, 0.3) is 0 Å². The maximum Gasteiger partial charge on any atom is 0.238 e. The number of para-hydroxylation sites is 1. The van der Waals surface area contributed by atoms with E-state index in [9.17, 15) is 4.79 Å². The van der Waals surface area contributed by atoms with Crippen LogP contribution in [-0.4, -0.2) is 30.9 Å². The fraction of sp³-hybridized carbons (Fsp3) is 0.650. The standard InChI is InChI=1S/C20H34N2O/c1-8-16(6)12-22(7)13-19(23)21-20-17(14(2)3)10-9-11-18(20)15(4)5/h9-11,14-16H,8,12-13H2,1-7H3,(H,21,23). The Bertz CT molecular complexity index is 482. The monoisotopic (exact) mass is 318 g/mol. The molecule has 0 aliphatic heterocycles. The van der Waals surface area contributed by atoms with E-state index in [4.69, 9.17) is 0 Å². The van der Waals surface area contributed by atoms with Crippen LogP contribution in [0.2, 0.25) is 0 Å². The number of nitrogens with zero attached hydrogens (tertiary/aromatic N) is 1. The normalized spacial score (nSPS) is 13.0. The molecule has 0 aliphatic carbocycles. The second kappa shape index (κ2) is 9.07. The van der Waals surface area contributed by atoms with E-state index in [0.29, 0.717) is 24.3 Å². The smallest absolute Gasteiger partial charge is 0.238 e. The first-order valence-electron chi connectivity index (χ1n) is 8.87. The SMILES string of the molecule is CCC(C)CN(C)CC(=O)Nc1c(C(C)C)cccc1C(C)C. The van der Waals surface area contributed by atoms with Crippen molar-refractivity contribution in [2.75, 3.05) is 25.5 Å². The van der Waals surface area contributed by atoms with Gasteiger partial charge in [-0.15, -0.1) is 0 Å². The summed E-state index contributed by atoms with van der Waals surface area (Å²) in [5, 5.41) is 3.18. The van der Waals surface area contributed by atoms with Crippen LogP contribution in [-0.2, 0) is 4.79 Å². The van der Waals surface area contributed by atoms with Crippen LogP contribution in [0.1, 0.15) is 70.9 Å². The molecule has 0 aromatic heterocycles. The lowest BCUT2D eigenvalue weighted by Crippen LogP contribution is -2.33. The molecule has 1 amide bonds. The van der Waals surface area contributed by atoms with E-state index in [1.807, 2.05) is 7.05 Å². The molecule has 1 aromatic rings. The van der Waals surface area contributed by atoms with Gasteiger partial charge in [-0.25, -0.2) is 0 Å². The molecule has 1 atom stereocenters. The highest BCUT2D eigenvalue weighted by Crippen LogP contribution is 2.32. The number of benzene rings is 1. The molecule has 130 valence electrons. The third-order valence-corrected chi connectivity index (χ3v) is 4.37. The number of nitrogens with one attached hydrogen (secondary N) is 1. The zero-order valence-electron chi connectivity index (χ0n) is 15.9. The van der Waals surface area contributed by atoms with E-state index >= 15 is 0 Å². The number of carbonyl (C=O) groups is 1. The lowest BCUT2D eigenvalue weighted by atomic mass is 9.92.